The van der Waals surface area contributed by atoms with E-state index in [-0.39, 0.29) is 12.3 Å². The second-order valence-electron chi connectivity index (χ2n) is 4.76. The highest BCUT2D eigenvalue weighted by atomic mass is 35.5. The van der Waals surface area contributed by atoms with Gasteiger partial charge in [0.15, 0.2) is 5.69 Å². The van der Waals surface area contributed by atoms with Crippen molar-refractivity contribution >= 4 is 17.6 Å². The number of carbonyl (C=O) groups excluding carboxylic acids is 1. The van der Waals surface area contributed by atoms with Crippen LogP contribution in [0.5, 0.6) is 0 Å². The fraction of sp³-hybridized carbons (Fsp3) is 0.118. The summed E-state index contributed by atoms with van der Waals surface area (Å²) in [6.45, 7) is 2.03. The van der Waals surface area contributed by atoms with Gasteiger partial charge < -0.3 is 4.74 Å². The molecule has 116 valence electrons. The maximum atomic E-state index is 12.2. The maximum absolute atomic E-state index is 12.2. The smallest absolute Gasteiger partial charge is 0.361 e. The largest absolute Gasteiger partial charge is 0.461 e. The van der Waals surface area contributed by atoms with Gasteiger partial charge in [-0.25, -0.2) is 9.48 Å². The molecule has 0 atom stereocenters. The molecule has 2 aromatic carbocycles. The van der Waals surface area contributed by atoms with Crippen LogP contribution in [0.4, 0.5) is 0 Å². The van der Waals surface area contributed by atoms with Crippen molar-refractivity contribution in [1.29, 1.82) is 0 Å². The van der Waals surface area contributed by atoms with Crippen LogP contribution in [0, 0.1) is 0 Å². The summed E-state index contributed by atoms with van der Waals surface area (Å²) < 4.78 is 6.67. The molecule has 0 amide bonds. The first kappa shape index (κ1) is 15.2. The zero-order valence-corrected chi connectivity index (χ0v) is 13.2. The van der Waals surface area contributed by atoms with Crippen molar-refractivity contribution in [2.75, 3.05) is 6.61 Å². The van der Waals surface area contributed by atoms with Crippen LogP contribution >= 0.6 is 11.6 Å². The standard InChI is InChI=1S/C17H14ClN3O2/c1-2-23-17(22)15-16(12-7-4-3-5-8-12)21(20-19-15)14-10-6-9-13(18)11-14/h3-11H,2H2,1H3. The van der Waals surface area contributed by atoms with Gasteiger partial charge in [-0.05, 0) is 25.1 Å². The Kier molecular flexibility index (Phi) is 4.39. The number of nitrogens with zero attached hydrogens (tertiary/aromatic N) is 3. The number of hydrogen-bond donors (Lipinski definition) is 0. The zero-order chi connectivity index (χ0) is 16.2. The van der Waals surface area contributed by atoms with Crippen LogP contribution < -0.4 is 0 Å². The highest BCUT2D eigenvalue weighted by molar-refractivity contribution is 6.30. The van der Waals surface area contributed by atoms with Crippen molar-refractivity contribution in [3.05, 3.63) is 65.3 Å². The number of hydrogen-bond acceptors (Lipinski definition) is 4. The second-order valence-corrected chi connectivity index (χ2v) is 5.20. The Morgan fingerprint density at radius 3 is 2.65 bits per heavy atom. The lowest BCUT2D eigenvalue weighted by Crippen LogP contribution is -2.08. The SMILES string of the molecule is CCOC(=O)c1nnn(-c2cccc(Cl)c2)c1-c1ccccc1. The molecule has 3 rings (SSSR count). The van der Waals surface area contributed by atoms with Crippen molar-refractivity contribution in [1.82, 2.24) is 15.0 Å². The number of benzene rings is 2. The zero-order valence-electron chi connectivity index (χ0n) is 12.4. The Morgan fingerprint density at radius 1 is 1.17 bits per heavy atom. The lowest BCUT2D eigenvalue weighted by atomic mass is 10.1. The third-order valence-corrected chi connectivity index (χ3v) is 3.47. The molecule has 0 saturated heterocycles. The van der Waals surface area contributed by atoms with Gasteiger partial charge >= 0.3 is 5.97 Å². The first-order chi connectivity index (χ1) is 11.2. The molecule has 0 aliphatic carbocycles. The predicted octanol–water partition coefficient (Wildman–Crippen LogP) is 3.76. The lowest BCUT2D eigenvalue weighted by molar-refractivity contribution is 0.0520. The van der Waals surface area contributed by atoms with E-state index >= 15 is 0 Å². The molecule has 0 N–H and O–H groups in total. The summed E-state index contributed by atoms with van der Waals surface area (Å²) in [6.07, 6.45) is 0. The van der Waals surface area contributed by atoms with Gasteiger partial charge in [0.2, 0.25) is 0 Å². The molecule has 5 nitrogen and oxygen atoms in total. The number of carbonyl (C=O) groups is 1. The minimum atomic E-state index is -0.500. The average Bonchev–Trinajstić information content (AvgIpc) is 3.01. The third-order valence-electron chi connectivity index (χ3n) is 3.24. The molecule has 0 saturated carbocycles. The van der Waals surface area contributed by atoms with Crippen LogP contribution in [0.25, 0.3) is 16.9 Å². The van der Waals surface area contributed by atoms with Crippen LogP contribution in [0.2, 0.25) is 5.02 Å². The van der Waals surface area contributed by atoms with E-state index in [0.29, 0.717) is 10.7 Å². The molecule has 0 unspecified atom stereocenters. The average molecular weight is 328 g/mol. The van der Waals surface area contributed by atoms with Gasteiger partial charge in [-0.15, -0.1) is 5.10 Å². The van der Waals surface area contributed by atoms with Gasteiger partial charge in [0.05, 0.1) is 12.3 Å². The summed E-state index contributed by atoms with van der Waals surface area (Å²) in [7, 11) is 0. The van der Waals surface area contributed by atoms with E-state index in [4.69, 9.17) is 16.3 Å². The molecular weight excluding hydrogens is 314 g/mol. The van der Waals surface area contributed by atoms with Crippen LogP contribution in [-0.4, -0.2) is 27.6 Å². The molecule has 0 fully saturated rings. The van der Waals surface area contributed by atoms with Crippen molar-refractivity contribution in [2.24, 2.45) is 0 Å². The molecule has 0 spiro atoms. The number of esters is 1. The van der Waals surface area contributed by atoms with Crippen molar-refractivity contribution in [3.8, 4) is 16.9 Å². The minimum absolute atomic E-state index is 0.179. The van der Waals surface area contributed by atoms with E-state index in [1.807, 2.05) is 42.5 Å². The Hall–Kier alpha value is -2.66. The van der Waals surface area contributed by atoms with Crippen LogP contribution in [-0.2, 0) is 4.74 Å². The Labute approximate surface area is 138 Å². The lowest BCUT2D eigenvalue weighted by Gasteiger charge is -2.08. The summed E-state index contributed by atoms with van der Waals surface area (Å²) in [5.74, 6) is -0.500. The second kappa shape index (κ2) is 6.62. The van der Waals surface area contributed by atoms with Gasteiger partial charge in [0.25, 0.3) is 0 Å². The van der Waals surface area contributed by atoms with E-state index < -0.39 is 5.97 Å². The monoisotopic (exact) mass is 327 g/mol. The molecule has 23 heavy (non-hydrogen) atoms. The highest BCUT2D eigenvalue weighted by Gasteiger charge is 2.23. The normalized spacial score (nSPS) is 10.5. The first-order valence-electron chi connectivity index (χ1n) is 7.15. The van der Waals surface area contributed by atoms with E-state index in [0.717, 1.165) is 11.3 Å². The molecule has 3 aromatic rings. The van der Waals surface area contributed by atoms with E-state index in [9.17, 15) is 4.79 Å². The van der Waals surface area contributed by atoms with Crippen molar-refractivity contribution < 1.29 is 9.53 Å². The van der Waals surface area contributed by atoms with E-state index in [1.165, 1.54) is 0 Å². The molecular formula is C17H14ClN3O2. The van der Waals surface area contributed by atoms with E-state index in [1.54, 1.807) is 23.7 Å². The van der Waals surface area contributed by atoms with Crippen molar-refractivity contribution in [3.63, 3.8) is 0 Å². The van der Waals surface area contributed by atoms with Gasteiger partial charge in [-0.2, -0.15) is 0 Å². The summed E-state index contributed by atoms with van der Waals surface area (Å²) in [5, 5.41) is 8.71. The van der Waals surface area contributed by atoms with Gasteiger partial charge in [0, 0.05) is 10.6 Å². The quantitative estimate of drug-likeness (QED) is 0.684. The van der Waals surface area contributed by atoms with Gasteiger partial charge in [-0.3, -0.25) is 0 Å². The predicted molar refractivity (Wildman–Crippen MR) is 87.8 cm³/mol. The third kappa shape index (κ3) is 3.10. The van der Waals surface area contributed by atoms with Gasteiger partial charge in [0.1, 0.15) is 5.69 Å². The summed E-state index contributed by atoms with van der Waals surface area (Å²) in [4.78, 5) is 12.2. The molecule has 0 bridgehead atoms. The topological polar surface area (TPSA) is 57.0 Å². The number of rotatable bonds is 4. The maximum Gasteiger partial charge on any atom is 0.361 e. The number of ether oxygens (including phenoxy) is 1. The first-order valence-corrected chi connectivity index (χ1v) is 7.52. The van der Waals surface area contributed by atoms with Gasteiger partial charge in [-0.1, -0.05) is 53.2 Å². The Morgan fingerprint density at radius 2 is 1.96 bits per heavy atom. The molecule has 6 heteroatoms. The highest BCUT2D eigenvalue weighted by Crippen LogP contribution is 2.26. The summed E-state index contributed by atoms with van der Waals surface area (Å²) in [6, 6.07) is 16.7. The number of halogens is 1. The van der Waals surface area contributed by atoms with Crippen molar-refractivity contribution in [2.45, 2.75) is 6.92 Å². The van der Waals surface area contributed by atoms with Crippen LogP contribution in [0.3, 0.4) is 0 Å². The fourth-order valence-corrected chi connectivity index (χ4v) is 2.45. The molecule has 0 radical (unpaired) electrons. The summed E-state index contributed by atoms with van der Waals surface area (Å²) in [5.41, 5.74) is 2.30. The molecule has 0 aliphatic rings. The molecule has 1 aromatic heterocycles. The Bertz CT molecular complexity index is 831. The summed E-state index contributed by atoms with van der Waals surface area (Å²) >= 11 is 6.06. The Balaban J connectivity index is 2.19. The fourth-order valence-electron chi connectivity index (χ4n) is 2.26. The van der Waals surface area contributed by atoms with Crippen LogP contribution in [0.1, 0.15) is 17.4 Å². The molecule has 1 heterocycles. The van der Waals surface area contributed by atoms with E-state index in [2.05, 4.69) is 10.3 Å². The number of aromatic nitrogens is 3. The minimum Gasteiger partial charge on any atom is -0.461 e. The molecule has 0 aliphatic heterocycles. The van der Waals surface area contributed by atoms with Crippen LogP contribution in [0.15, 0.2) is 54.6 Å².